The third-order valence-corrected chi connectivity index (χ3v) is 5.23. The first-order valence-electron chi connectivity index (χ1n) is 9.47. The van der Waals surface area contributed by atoms with Crippen LogP contribution >= 0.6 is 0 Å². The molecule has 0 aromatic heterocycles. The van der Waals surface area contributed by atoms with Crippen LogP contribution in [0.2, 0.25) is 0 Å². The van der Waals surface area contributed by atoms with Crippen molar-refractivity contribution in [3.63, 3.8) is 0 Å². The van der Waals surface area contributed by atoms with Gasteiger partial charge in [-0.3, -0.25) is 19.7 Å². The third kappa shape index (κ3) is 3.98. The van der Waals surface area contributed by atoms with Gasteiger partial charge in [0.2, 0.25) is 5.78 Å². The number of carbonyl (C=O) groups is 2. The number of rotatable bonds is 4. The number of hydrogen-bond acceptors (Lipinski definition) is 5. The zero-order valence-electron chi connectivity index (χ0n) is 16.1. The highest BCUT2D eigenvalue weighted by atomic mass is 16.6. The fourth-order valence-corrected chi connectivity index (χ4v) is 3.86. The molecule has 1 fully saturated rings. The number of nitro groups is 1. The summed E-state index contributed by atoms with van der Waals surface area (Å²) in [6, 6.07) is 5.24. The first-order chi connectivity index (χ1) is 13.2. The molecule has 148 valence electrons. The summed E-state index contributed by atoms with van der Waals surface area (Å²) in [4.78, 5) is 37.9. The van der Waals surface area contributed by atoms with Crippen LogP contribution < -0.4 is 0 Å². The standard InChI is InChI=1S/C21H24N2O5/c1-21(2)12-17(19(25)18(24)13-21)22(15-6-4-3-5-7-15)20(26)14-8-10-16(11-9-14)23(27)28/h8-13,15,24H,3-7H2,1-2H3. The van der Waals surface area contributed by atoms with E-state index >= 15 is 0 Å². The molecule has 0 unspecified atom stereocenters. The fraction of sp³-hybridized carbons (Fsp3) is 0.429. The van der Waals surface area contributed by atoms with Crippen LogP contribution in [-0.4, -0.2) is 32.7 Å². The molecule has 0 atom stereocenters. The van der Waals surface area contributed by atoms with Crippen molar-refractivity contribution in [2.24, 2.45) is 5.41 Å². The third-order valence-electron chi connectivity index (χ3n) is 5.23. The second-order valence-corrected chi connectivity index (χ2v) is 7.98. The van der Waals surface area contributed by atoms with Crippen molar-refractivity contribution in [2.45, 2.75) is 52.0 Å². The zero-order valence-corrected chi connectivity index (χ0v) is 16.1. The Hall–Kier alpha value is -2.96. The lowest BCUT2D eigenvalue weighted by Gasteiger charge is -2.37. The monoisotopic (exact) mass is 384 g/mol. The summed E-state index contributed by atoms with van der Waals surface area (Å²) in [7, 11) is 0. The van der Waals surface area contributed by atoms with Gasteiger partial charge in [-0.15, -0.1) is 0 Å². The maximum absolute atomic E-state index is 13.3. The van der Waals surface area contributed by atoms with Gasteiger partial charge >= 0.3 is 0 Å². The molecule has 1 aromatic carbocycles. The Labute approximate surface area is 163 Å². The highest BCUT2D eigenvalue weighted by Gasteiger charge is 2.37. The van der Waals surface area contributed by atoms with E-state index < -0.39 is 16.1 Å². The molecule has 28 heavy (non-hydrogen) atoms. The number of benzene rings is 1. The predicted octanol–water partition coefficient (Wildman–Crippen LogP) is 4.30. The molecule has 2 aliphatic carbocycles. The number of allylic oxidation sites excluding steroid dienone is 2. The van der Waals surface area contributed by atoms with E-state index in [4.69, 9.17) is 0 Å². The van der Waals surface area contributed by atoms with Crippen molar-refractivity contribution in [3.8, 4) is 0 Å². The maximum atomic E-state index is 13.3. The topological polar surface area (TPSA) is 101 Å². The molecule has 1 saturated carbocycles. The van der Waals surface area contributed by atoms with Crippen LogP contribution in [0.25, 0.3) is 0 Å². The van der Waals surface area contributed by atoms with Gasteiger partial charge in [-0.2, -0.15) is 0 Å². The number of ketones is 1. The van der Waals surface area contributed by atoms with E-state index in [0.29, 0.717) is 0 Å². The van der Waals surface area contributed by atoms with Gasteiger partial charge in [0.1, 0.15) is 0 Å². The fourth-order valence-electron chi connectivity index (χ4n) is 3.86. The molecule has 2 aliphatic rings. The molecular formula is C21H24N2O5. The minimum absolute atomic E-state index is 0.101. The number of Topliss-reactive ketones (excluding diaryl/α,β-unsaturated/α-hetero) is 1. The van der Waals surface area contributed by atoms with Crippen LogP contribution in [0.4, 0.5) is 5.69 Å². The van der Waals surface area contributed by atoms with Crippen LogP contribution in [0.15, 0.2) is 47.9 Å². The Morgan fingerprint density at radius 3 is 2.32 bits per heavy atom. The SMILES string of the molecule is CC1(C)C=C(O)C(=O)C(N(C(=O)c2ccc([N+](=O)[O-])cc2)C2CCCCC2)=C1. The normalized spacial score (nSPS) is 19.6. The lowest BCUT2D eigenvalue weighted by atomic mass is 9.84. The highest BCUT2D eigenvalue weighted by molar-refractivity contribution is 6.11. The van der Waals surface area contributed by atoms with Crippen molar-refractivity contribution in [1.82, 2.24) is 4.90 Å². The van der Waals surface area contributed by atoms with Gasteiger partial charge < -0.3 is 10.0 Å². The average Bonchev–Trinajstić information content (AvgIpc) is 2.66. The van der Waals surface area contributed by atoms with Crippen LogP contribution in [0, 0.1) is 15.5 Å². The molecule has 1 N–H and O–H groups in total. The second-order valence-electron chi connectivity index (χ2n) is 7.98. The summed E-state index contributed by atoms with van der Waals surface area (Å²) < 4.78 is 0. The van der Waals surface area contributed by atoms with Crippen molar-refractivity contribution in [1.29, 1.82) is 0 Å². The summed E-state index contributed by atoms with van der Waals surface area (Å²) in [5.41, 5.74) is -0.219. The molecule has 0 radical (unpaired) electrons. The van der Waals surface area contributed by atoms with Crippen LogP contribution in [-0.2, 0) is 4.79 Å². The van der Waals surface area contributed by atoms with Crippen molar-refractivity contribution < 1.29 is 19.6 Å². The maximum Gasteiger partial charge on any atom is 0.269 e. The van der Waals surface area contributed by atoms with Gasteiger partial charge in [-0.1, -0.05) is 33.1 Å². The molecular weight excluding hydrogens is 360 g/mol. The molecule has 7 nitrogen and oxygen atoms in total. The summed E-state index contributed by atoms with van der Waals surface area (Å²) >= 11 is 0. The molecule has 0 bridgehead atoms. The van der Waals surface area contributed by atoms with E-state index in [0.717, 1.165) is 32.1 Å². The van der Waals surface area contributed by atoms with E-state index in [1.807, 2.05) is 13.8 Å². The van der Waals surface area contributed by atoms with Crippen molar-refractivity contribution in [3.05, 3.63) is 63.6 Å². The number of carbonyl (C=O) groups excluding carboxylic acids is 2. The first kappa shape index (κ1) is 19.8. The van der Waals surface area contributed by atoms with Crippen LogP contribution in [0.3, 0.4) is 0 Å². The molecule has 0 heterocycles. The van der Waals surface area contributed by atoms with Crippen molar-refractivity contribution >= 4 is 17.4 Å². The lowest BCUT2D eigenvalue weighted by Crippen LogP contribution is -2.44. The number of non-ortho nitro benzene ring substituents is 1. The minimum Gasteiger partial charge on any atom is -0.504 e. The van der Waals surface area contributed by atoms with Gasteiger partial charge in [0.05, 0.1) is 10.6 Å². The summed E-state index contributed by atoms with van der Waals surface area (Å²) in [6.07, 6.45) is 7.74. The van der Waals surface area contributed by atoms with Crippen LogP contribution in [0.5, 0.6) is 0 Å². The molecule has 0 aliphatic heterocycles. The van der Waals surface area contributed by atoms with Gasteiger partial charge in [-0.05, 0) is 37.1 Å². The molecule has 7 heteroatoms. The Balaban J connectivity index is 2.02. The second kappa shape index (κ2) is 7.58. The average molecular weight is 384 g/mol. The molecule has 0 saturated heterocycles. The van der Waals surface area contributed by atoms with E-state index in [1.165, 1.54) is 35.2 Å². The van der Waals surface area contributed by atoms with Gasteiger partial charge in [0.25, 0.3) is 11.6 Å². The smallest absolute Gasteiger partial charge is 0.269 e. The quantitative estimate of drug-likeness (QED) is 0.616. The minimum atomic E-state index is -0.573. The first-order valence-corrected chi connectivity index (χ1v) is 9.47. The number of hydrogen-bond donors (Lipinski definition) is 1. The number of aliphatic hydroxyl groups is 1. The Morgan fingerprint density at radius 2 is 1.75 bits per heavy atom. The molecule has 3 rings (SSSR count). The number of nitro benzene ring substituents is 1. The summed E-state index contributed by atoms with van der Waals surface area (Å²) in [6.45, 7) is 3.70. The predicted molar refractivity (Wildman–Crippen MR) is 104 cm³/mol. The summed E-state index contributed by atoms with van der Waals surface area (Å²) in [5, 5.41) is 21.0. The van der Waals surface area contributed by atoms with E-state index in [2.05, 4.69) is 0 Å². The largest absolute Gasteiger partial charge is 0.504 e. The Morgan fingerprint density at radius 1 is 1.14 bits per heavy atom. The summed E-state index contributed by atoms with van der Waals surface area (Å²) in [5.74, 6) is -1.31. The van der Waals surface area contributed by atoms with E-state index in [9.17, 15) is 24.8 Å². The van der Waals surface area contributed by atoms with E-state index in [-0.39, 0.29) is 34.7 Å². The van der Waals surface area contributed by atoms with E-state index in [1.54, 1.807) is 6.08 Å². The number of aliphatic hydroxyl groups excluding tert-OH is 1. The Kier molecular flexibility index (Phi) is 5.36. The van der Waals surface area contributed by atoms with Crippen LogP contribution in [0.1, 0.15) is 56.3 Å². The van der Waals surface area contributed by atoms with Gasteiger partial charge in [0, 0.05) is 29.2 Å². The zero-order chi connectivity index (χ0) is 20.5. The van der Waals surface area contributed by atoms with Gasteiger partial charge in [0.15, 0.2) is 5.76 Å². The lowest BCUT2D eigenvalue weighted by molar-refractivity contribution is -0.384. The number of nitrogens with zero attached hydrogens (tertiary/aromatic N) is 2. The molecule has 0 spiro atoms. The Bertz CT molecular complexity index is 861. The highest BCUT2D eigenvalue weighted by Crippen LogP contribution is 2.34. The number of amides is 1. The molecule has 1 amide bonds. The van der Waals surface area contributed by atoms with Crippen molar-refractivity contribution in [2.75, 3.05) is 0 Å². The van der Waals surface area contributed by atoms with Gasteiger partial charge in [-0.25, -0.2) is 0 Å². The molecule has 1 aromatic rings.